The van der Waals surface area contributed by atoms with Crippen molar-refractivity contribution in [3.8, 4) is 0 Å². The van der Waals surface area contributed by atoms with E-state index in [0.717, 1.165) is 0 Å². The van der Waals surface area contributed by atoms with Crippen molar-refractivity contribution in [1.82, 2.24) is 0 Å². The number of rotatable bonds is 3. The molecular formula is C3H7O3P. The molecule has 2 N–H and O–H groups in total. The van der Waals surface area contributed by atoms with Crippen LogP contribution in [-0.4, -0.2) is 16.4 Å². The third kappa shape index (κ3) is 6.05. The Hall–Kier alpha value is 0.0500. The molecule has 0 amide bonds. The summed E-state index contributed by atoms with van der Waals surface area (Å²) in [6, 6.07) is 0. The molecular weight excluding hydrogens is 115 g/mol. The molecule has 0 rings (SSSR count). The first-order valence-corrected chi connectivity index (χ1v) is 2.85. The topological polar surface area (TPSA) is 49.7 Å². The average molecular weight is 122 g/mol. The van der Waals surface area contributed by atoms with Crippen LogP contribution in [0.25, 0.3) is 0 Å². The Morgan fingerprint density at radius 1 is 1.71 bits per heavy atom. The Labute approximate surface area is 43.2 Å². The van der Waals surface area contributed by atoms with E-state index in [1.54, 1.807) is 0 Å². The monoisotopic (exact) mass is 122 g/mol. The summed E-state index contributed by atoms with van der Waals surface area (Å²) in [6.07, 6.45) is 1.45. The van der Waals surface area contributed by atoms with E-state index in [4.69, 9.17) is 9.79 Å². The number of hydrogen-bond donors (Lipinski definition) is 2. The second-order valence-corrected chi connectivity index (χ2v) is 1.60. The molecule has 0 fully saturated rings. The van der Waals surface area contributed by atoms with Crippen molar-refractivity contribution in [2.24, 2.45) is 0 Å². The first-order valence-electron chi connectivity index (χ1n) is 1.69. The predicted molar refractivity (Wildman–Crippen MR) is 27.5 cm³/mol. The van der Waals surface area contributed by atoms with Crippen LogP contribution in [0, 0.1) is 0 Å². The van der Waals surface area contributed by atoms with E-state index in [2.05, 4.69) is 11.1 Å². The van der Waals surface area contributed by atoms with Gasteiger partial charge in [0, 0.05) is 0 Å². The maximum atomic E-state index is 8.03. The minimum absolute atomic E-state index is 0.193. The van der Waals surface area contributed by atoms with Crippen molar-refractivity contribution in [3.63, 3.8) is 0 Å². The molecule has 0 aliphatic rings. The molecule has 42 valence electrons. The highest BCUT2D eigenvalue weighted by Crippen LogP contribution is 2.23. The van der Waals surface area contributed by atoms with E-state index in [9.17, 15) is 0 Å². The molecule has 0 saturated heterocycles. The van der Waals surface area contributed by atoms with E-state index < -0.39 is 8.60 Å². The predicted octanol–water partition coefficient (Wildman–Crippen LogP) is 0.400. The van der Waals surface area contributed by atoms with Gasteiger partial charge in [0.25, 0.3) is 0 Å². The van der Waals surface area contributed by atoms with Crippen molar-refractivity contribution in [2.45, 2.75) is 0 Å². The molecule has 0 aliphatic heterocycles. The fourth-order valence-electron chi connectivity index (χ4n) is 0.119. The van der Waals surface area contributed by atoms with Crippen LogP contribution in [0.2, 0.25) is 0 Å². The van der Waals surface area contributed by atoms with Gasteiger partial charge in [0.1, 0.15) is 0 Å². The van der Waals surface area contributed by atoms with Crippen molar-refractivity contribution in [1.29, 1.82) is 0 Å². The summed E-state index contributed by atoms with van der Waals surface area (Å²) in [5.74, 6) is 0. The molecule has 7 heavy (non-hydrogen) atoms. The zero-order valence-corrected chi connectivity index (χ0v) is 4.64. The zero-order valence-electron chi connectivity index (χ0n) is 3.74. The molecule has 0 radical (unpaired) electrons. The van der Waals surface area contributed by atoms with Crippen LogP contribution in [0.4, 0.5) is 0 Å². The van der Waals surface area contributed by atoms with Gasteiger partial charge in [-0.15, -0.1) is 6.58 Å². The van der Waals surface area contributed by atoms with Gasteiger partial charge in [-0.2, -0.15) is 0 Å². The molecule has 0 unspecified atom stereocenters. The fraction of sp³-hybridized carbons (Fsp3) is 0.333. The maximum Gasteiger partial charge on any atom is 0.327 e. The van der Waals surface area contributed by atoms with Crippen molar-refractivity contribution >= 4 is 8.60 Å². The molecule has 0 saturated carbocycles. The smallest absolute Gasteiger partial charge is 0.327 e. The Morgan fingerprint density at radius 2 is 2.29 bits per heavy atom. The van der Waals surface area contributed by atoms with Crippen LogP contribution in [0.15, 0.2) is 12.7 Å². The van der Waals surface area contributed by atoms with E-state index in [-0.39, 0.29) is 6.61 Å². The Balaban J connectivity index is 2.81. The van der Waals surface area contributed by atoms with Gasteiger partial charge in [-0.25, -0.2) is 0 Å². The van der Waals surface area contributed by atoms with Crippen molar-refractivity contribution in [3.05, 3.63) is 12.7 Å². The summed E-state index contributed by atoms with van der Waals surface area (Å²) in [7, 11) is -2.18. The molecule has 0 aromatic rings. The molecule has 0 aromatic carbocycles. The normalized spacial score (nSPS) is 9.57. The highest BCUT2D eigenvalue weighted by atomic mass is 31.2. The van der Waals surface area contributed by atoms with Crippen LogP contribution in [-0.2, 0) is 4.52 Å². The largest absolute Gasteiger partial charge is 0.328 e. The van der Waals surface area contributed by atoms with Gasteiger partial charge >= 0.3 is 8.60 Å². The van der Waals surface area contributed by atoms with Gasteiger partial charge in [0.15, 0.2) is 0 Å². The molecule has 0 bridgehead atoms. The SMILES string of the molecule is C=CCOP(O)O. The fourth-order valence-corrected chi connectivity index (χ4v) is 0.358. The highest BCUT2D eigenvalue weighted by Gasteiger charge is 1.92. The quantitative estimate of drug-likeness (QED) is 0.420. The minimum Gasteiger partial charge on any atom is -0.328 e. The molecule has 0 aromatic heterocycles. The van der Waals surface area contributed by atoms with Gasteiger partial charge in [0.2, 0.25) is 0 Å². The van der Waals surface area contributed by atoms with Crippen LogP contribution in [0.3, 0.4) is 0 Å². The second kappa shape index (κ2) is 4.22. The molecule has 0 spiro atoms. The second-order valence-electron chi connectivity index (χ2n) is 0.837. The Kier molecular flexibility index (Phi) is 4.25. The minimum atomic E-state index is -2.18. The van der Waals surface area contributed by atoms with Crippen LogP contribution in [0.5, 0.6) is 0 Å². The maximum absolute atomic E-state index is 8.03. The first kappa shape index (κ1) is 7.05. The molecule has 0 heterocycles. The molecule has 0 atom stereocenters. The lowest BCUT2D eigenvalue weighted by Gasteiger charge is -1.96. The van der Waals surface area contributed by atoms with E-state index in [1.807, 2.05) is 0 Å². The van der Waals surface area contributed by atoms with E-state index in [1.165, 1.54) is 6.08 Å². The van der Waals surface area contributed by atoms with Crippen molar-refractivity contribution in [2.75, 3.05) is 6.61 Å². The number of hydrogen-bond acceptors (Lipinski definition) is 3. The lowest BCUT2D eigenvalue weighted by atomic mass is 10.7. The van der Waals surface area contributed by atoms with Gasteiger partial charge in [0.05, 0.1) is 6.61 Å². The third-order valence-electron chi connectivity index (χ3n) is 0.308. The standard InChI is InChI=1S/C3H7O3P/c1-2-3-6-7(4)5/h2,4-5H,1,3H2. The van der Waals surface area contributed by atoms with Crippen LogP contribution >= 0.6 is 8.60 Å². The molecule has 0 aliphatic carbocycles. The lowest BCUT2D eigenvalue weighted by Crippen LogP contribution is -1.80. The highest BCUT2D eigenvalue weighted by molar-refractivity contribution is 7.39. The zero-order chi connectivity index (χ0) is 5.70. The summed E-state index contributed by atoms with van der Waals surface area (Å²) >= 11 is 0. The Bertz CT molecular complexity index is 54.1. The summed E-state index contributed by atoms with van der Waals surface area (Å²) in [6.45, 7) is 3.49. The average Bonchev–Trinajstić information content (AvgIpc) is 1.61. The van der Waals surface area contributed by atoms with E-state index >= 15 is 0 Å². The molecule has 3 nitrogen and oxygen atoms in total. The van der Waals surface area contributed by atoms with Gasteiger partial charge in [-0.3, -0.25) is 0 Å². The van der Waals surface area contributed by atoms with Crippen molar-refractivity contribution < 1.29 is 14.3 Å². The summed E-state index contributed by atoms with van der Waals surface area (Å²) in [4.78, 5) is 16.1. The van der Waals surface area contributed by atoms with Gasteiger partial charge in [-0.1, -0.05) is 6.08 Å². The third-order valence-corrected chi connectivity index (χ3v) is 0.688. The summed E-state index contributed by atoms with van der Waals surface area (Å²) < 4.78 is 4.25. The summed E-state index contributed by atoms with van der Waals surface area (Å²) in [5.41, 5.74) is 0. The van der Waals surface area contributed by atoms with Crippen LogP contribution < -0.4 is 0 Å². The van der Waals surface area contributed by atoms with Crippen LogP contribution in [0.1, 0.15) is 0 Å². The summed E-state index contributed by atoms with van der Waals surface area (Å²) in [5, 5.41) is 0. The van der Waals surface area contributed by atoms with Gasteiger partial charge < -0.3 is 14.3 Å². The van der Waals surface area contributed by atoms with E-state index in [0.29, 0.717) is 0 Å². The molecule has 4 heteroatoms. The lowest BCUT2D eigenvalue weighted by molar-refractivity contribution is 0.282. The first-order chi connectivity index (χ1) is 3.27. The Morgan fingerprint density at radius 3 is 2.43 bits per heavy atom. The van der Waals surface area contributed by atoms with Gasteiger partial charge in [-0.05, 0) is 0 Å².